The monoisotopic (exact) mass is 226 g/mol. The topological polar surface area (TPSA) is 64.0 Å². The van der Waals surface area contributed by atoms with Crippen LogP contribution in [0, 0.1) is 0 Å². The van der Waals surface area contributed by atoms with E-state index in [1.165, 1.54) is 6.08 Å². The maximum Gasteiger partial charge on any atom is 0.317 e. The Morgan fingerprint density at radius 3 is 2.56 bits per heavy atom. The number of aliphatic carboxylic acids is 1. The number of nitrogens with zero attached hydrogens (tertiary/aromatic N) is 2. The summed E-state index contributed by atoms with van der Waals surface area (Å²) in [4.78, 5) is 14.4. The van der Waals surface area contributed by atoms with Gasteiger partial charge in [0.2, 0.25) is 0 Å². The molecule has 0 aromatic heterocycles. The maximum absolute atomic E-state index is 10.7. The highest BCUT2D eigenvalue weighted by Gasteiger charge is 2.35. The second-order valence-electron chi connectivity index (χ2n) is 3.79. The van der Waals surface area contributed by atoms with Crippen molar-refractivity contribution in [3.63, 3.8) is 0 Å². The molecule has 90 valence electrons. The van der Waals surface area contributed by atoms with Gasteiger partial charge in [-0.05, 0) is 0 Å². The minimum Gasteiger partial charge on any atom is -0.480 e. The molecule has 0 spiro atoms. The third-order valence-corrected chi connectivity index (χ3v) is 2.67. The molecule has 1 saturated heterocycles. The molecule has 1 heterocycles. The summed E-state index contributed by atoms with van der Waals surface area (Å²) in [6, 6.07) is 0. The van der Waals surface area contributed by atoms with Gasteiger partial charge in [-0.2, -0.15) is 0 Å². The lowest BCUT2D eigenvalue weighted by Gasteiger charge is -2.31. The largest absolute Gasteiger partial charge is 0.480 e. The van der Waals surface area contributed by atoms with Crippen molar-refractivity contribution in [1.82, 2.24) is 9.80 Å². The van der Waals surface area contributed by atoms with Crippen LogP contribution in [0.15, 0.2) is 25.3 Å². The van der Waals surface area contributed by atoms with Crippen LogP contribution < -0.4 is 0 Å². The van der Waals surface area contributed by atoms with Gasteiger partial charge in [0, 0.05) is 19.6 Å². The smallest absolute Gasteiger partial charge is 0.317 e. The van der Waals surface area contributed by atoms with E-state index in [1.807, 2.05) is 4.90 Å². The van der Waals surface area contributed by atoms with Crippen LogP contribution in [0.4, 0.5) is 0 Å². The zero-order chi connectivity index (χ0) is 12.1. The zero-order valence-corrected chi connectivity index (χ0v) is 9.25. The van der Waals surface area contributed by atoms with Crippen LogP contribution in [-0.4, -0.2) is 64.4 Å². The lowest BCUT2D eigenvalue weighted by Crippen LogP contribution is -2.48. The van der Waals surface area contributed by atoms with Gasteiger partial charge in [0.05, 0.1) is 12.7 Å². The number of hydrogen-bond donors (Lipinski definition) is 2. The Morgan fingerprint density at radius 2 is 2.06 bits per heavy atom. The lowest BCUT2D eigenvalue weighted by molar-refractivity contribution is -0.139. The molecule has 2 unspecified atom stereocenters. The van der Waals surface area contributed by atoms with Crippen molar-refractivity contribution in [2.24, 2.45) is 0 Å². The van der Waals surface area contributed by atoms with Crippen molar-refractivity contribution in [3.05, 3.63) is 25.3 Å². The van der Waals surface area contributed by atoms with Crippen LogP contribution in [0.5, 0.6) is 0 Å². The first-order valence-electron chi connectivity index (χ1n) is 5.21. The number of aliphatic hydroxyl groups excluding tert-OH is 1. The summed E-state index contributed by atoms with van der Waals surface area (Å²) in [5.41, 5.74) is 0. The fraction of sp³-hybridized carbons (Fsp3) is 0.545. The predicted octanol–water partition coefficient (Wildman–Crippen LogP) is -0.252. The van der Waals surface area contributed by atoms with Crippen LogP contribution >= 0.6 is 0 Å². The SMILES string of the molecule is C=CCN1CCN(CC(=O)O)C1C(O)C=C. The summed E-state index contributed by atoms with van der Waals surface area (Å²) in [5.74, 6) is -0.887. The van der Waals surface area contributed by atoms with Crippen molar-refractivity contribution < 1.29 is 15.0 Å². The molecule has 1 aliphatic heterocycles. The van der Waals surface area contributed by atoms with E-state index in [-0.39, 0.29) is 12.7 Å². The standard InChI is InChI=1S/C11H18N2O3/c1-3-5-12-6-7-13(8-10(15)16)11(12)9(14)4-2/h3-4,9,11,14H,1-2,5-8H2,(H,15,16). The maximum atomic E-state index is 10.7. The van der Waals surface area contributed by atoms with Crippen molar-refractivity contribution >= 4 is 5.97 Å². The minimum atomic E-state index is -0.887. The first kappa shape index (κ1) is 12.9. The third kappa shape index (κ3) is 2.91. The van der Waals surface area contributed by atoms with Crippen LogP contribution in [0.1, 0.15) is 0 Å². The van der Waals surface area contributed by atoms with Crippen molar-refractivity contribution in [1.29, 1.82) is 0 Å². The second kappa shape index (κ2) is 5.79. The van der Waals surface area contributed by atoms with Gasteiger partial charge >= 0.3 is 5.97 Å². The first-order valence-corrected chi connectivity index (χ1v) is 5.21. The average Bonchev–Trinajstić information content (AvgIpc) is 2.60. The summed E-state index contributed by atoms with van der Waals surface area (Å²) >= 11 is 0. The Bertz CT molecular complexity index is 280. The Balaban J connectivity index is 2.74. The van der Waals surface area contributed by atoms with E-state index in [2.05, 4.69) is 13.2 Å². The van der Waals surface area contributed by atoms with Gasteiger partial charge in [-0.25, -0.2) is 0 Å². The summed E-state index contributed by atoms with van der Waals surface area (Å²) in [6.45, 7) is 9.11. The first-order chi connectivity index (χ1) is 7.60. The van der Waals surface area contributed by atoms with E-state index in [0.717, 1.165) is 6.54 Å². The summed E-state index contributed by atoms with van der Waals surface area (Å²) < 4.78 is 0. The van der Waals surface area contributed by atoms with Crippen LogP contribution in [0.3, 0.4) is 0 Å². The van der Waals surface area contributed by atoms with Crippen LogP contribution in [-0.2, 0) is 4.79 Å². The molecule has 16 heavy (non-hydrogen) atoms. The highest BCUT2D eigenvalue weighted by molar-refractivity contribution is 5.69. The number of carboxylic acid groups (broad SMARTS) is 1. The van der Waals surface area contributed by atoms with E-state index in [9.17, 15) is 9.90 Å². The van der Waals surface area contributed by atoms with Crippen molar-refractivity contribution in [3.8, 4) is 0 Å². The summed E-state index contributed by atoms with van der Waals surface area (Å²) in [5, 5.41) is 18.6. The fourth-order valence-corrected chi connectivity index (χ4v) is 2.02. The Morgan fingerprint density at radius 1 is 1.44 bits per heavy atom. The highest BCUT2D eigenvalue weighted by atomic mass is 16.4. The Kier molecular flexibility index (Phi) is 4.67. The third-order valence-electron chi connectivity index (χ3n) is 2.67. The molecule has 0 radical (unpaired) electrons. The number of hydrogen-bond acceptors (Lipinski definition) is 4. The molecule has 1 fully saturated rings. The van der Waals surface area contributed by atoms with E-state index < -0.39 is 12.1 Å². The van der Waals surface area contributed by atoms with Gasteiger partial charge in [-0.15, -0.1) is 13.2 Å². The van der Waals surface area contributed by atoms with E-state index in [1.54, 1.807) is 11.0 Å². The normalized spacial score (nSPS) is 24.2. The molecule has 0 amide bonds. The second-order valence-corrected chi connectivity index (χ2v) is 3.79. The zero-order valence-electron chi connectivity index (χ0n) is 9.25. The molecule has 2 N–H and O–H groups in total. The molecule has 0 bridgehead atoms. The van der Waals surface area contributed by atoms with Crippen molar-refractivity contribution in [2.75, 3.05) is 26.2 Å². The van der Waals surface area contributed by atoms with E-state index in [4.69, 9.17) is 5.11 Å². The highest BCUT2D eigenvalue weighted by Crippen LogP contribution is 2.18. The molecular weight excluding hydrogens is 208 g/mol. The molecule has 1 aliphatic rings. The van der Waals surface area contributed by atoms with Crippen molar-refractivity contribution in [2.45, 2.75) is 12.3 Å². The molecule has 0 aromatic carbocycles. The number of aliphatic hydroxyl groups is 1. The number of carbonyl (C=O) groups is 1. The van der Waals surface area contributed by atoms with E-state index in [0.29, 0.717) is 13.1 Å². The van der Waals surface area contributed by atoms with Gasteiger partial charge < -0.3 is 10.2 Å². The molecule has 0 saturated carbocycles. The molecular formula is C11H18N2O3. The molecule has 2 atom stereocenters. The van der Waals surface area contributed by atoms with Crippen LogP contribution in [0.25, 0.3) is 0 Å². The van der Waals surface area contributed by atoms with Gasteiger partial charge in [-0.3, -0.25) is 14.6 Å². The predicted molar refractivity (Wildman–Crippen MR) is 61.0 cm³/mol. The lowest BCUT2D eigenvalue weighted by atomic mass is 10.2. The molecule has 0 aromatic rings. The number of carboxylic acids is 1. The van der Waals surface area contributed by atoms with Gasteiger partial charge in [0.25, 0.3) is 0 Å². The molecule has 5 heteroatoms. The van der Waals surface area contributed by atoms with Crippen LogP contribution in [0.2, 0.25) is 0 Å². The van der Waals surface area contributed by atoms with Gasteiger partial charge in [0.15, 0.2) is 0 Å². The minimum absolute atomic E-state index is 0.0663. The molecule has 5 nitrogen and oxygen atoms in total. The van der Waals surface area contributed by atoms with Gasteiger partial charge in [0.1, 0.15) is 6.10 Å². The van der Waals surface area contributed by atoms with Gasteiger partial charge in [-0.1, -0.05) is 12.2 Å². The average molecular weight is 226 g/mol. The Labute approximate surface area is 95.3 Å². The summed E-state index contributed by atoms with van der Waals surface area (Å²) in [7, 11) is 0. The Hall–Kier alpha value is -1.17. The van der Waals surface area contributed by atoms with E-state index >= 15 is 0 Å². The molecule has 0 aliphatic carbocycles. The summed E-state index contributed by atoms with van der Waals surface area (Å²) in [6.07, 6.45) is 2.11. The quantitative estimate of drug-likeness (QED) is 0.611. The molecule has 1 rings (SSSR count). The number of rotatable bonds is 6. The fourth-order valence-electron chi connectivity index (χ4n) is 2.02.